The standard InChI is InChI=1S/C15H25N3/c1-3-17-14-5-4-6-15(11-14)18(2)12-13-7-9-16-10-8-13/h7-10,14-15,17H,3-6,11-12H2,1-2H3. The highest BCUT2D eigenvalue weighted by molar-refractivity contribution is 5.09. The molecule has 3 nitrogen and oxygen atoms in total. The maximum absolute atomic E-state index is 4.07. The van der Waals surface area contributed by atoms with Gasteiger partial charge in [-0.1, -0.05) is 13.3 Å². The Labute approximate surface area is 111 Å². The summed E-state index contributed by atoms with van der Waals surface area (Å²) in [5.41, 5.74) is 1.36. The van der Waals surface area contributed by atoms with Crippen molar-refractivity contribution >= 4 is 0 Å². The fourth-order valence-corrected chi connectivity index (χ4v) is 2.94. The van der Waals surface area contributed by atoms with Crippen LogP contribution in [0.4, 0.5) is 0 Å². The molecule has 0 aromatic carbocycles. The van der Waals surface area contributed by atoms with Gasteiger partial charge in [0.1, 0.15) is 0 Å². The summed E-state index contributed by atoms with van der Waals surface area (Å²) in [4.78, 5) is 6.57. The molecule has 0 bridgehead atoms. The summed E-state index contributed by atoms with van der Waals surface area (Å²) in [5.74, 6) is 0. The Bertz CT molecular complexity index is 337. The molecule has 0 spiro atoms. The van der Waals surface area contributed by atoms with Gasteiger partial charge in [0, 0.05) is 31.0 Å². The predicted molar refractivity (Wildman–Crippen MR) is 75.4 cm³/mol. The third-order valence-electron chi connectivity index (χ3n) is 3.94. The van der Waals surface area contributed by atoms with Crippen LogP contribution < -0.4 is 5.32 Å². The maximum atomic E-state index is 4.07. The number of aromatic nitrogens is 1. The smallest absolute Gasteiger partial charge is 0.0271 e. The number of hydrogen-bond donors (Lipinski definition) is 1. The molecule has 0 amide bonds. The average molecular weight is 247 g/mol. The highest BCUT2D eigenvalue weighted by atomic mass is 15.1. The molecule has 2 unspecified atom stereocenters. The molecular weight excluding hydrogens is 222 g/mol. The van der Waals surface area contributed by atoms with E-state index in [1.54, 1.807) is 0 Å². The summed E-state index contributed by atoms with van der Waals surface area (Å²) in [7, 11) is 2.25. The van der Waals surface area contributed by atoms with Gasteiger partial charge in [0.25, 0.3) is 0 Å². The zero-order chi connectivity index (χ0) is 12.8. The number of nitrogens with zero attached hydrogens (tertiary/aromatic N) is 2. The van der Waals surface area contributed by atoms with Crippen molar-refractivity contribution in [2.24, 2.45) is 0 Å². The molecule has 1 aromatic rings. The number of nitrogens with one attached hydrogen (secondary N) is 1. The number of pyridine rings is 1. The lowest BCUT2D eigenvalue weighted by Gasteiger charge is -2.35. The quantitative estimate of drug-likeness (QED) is 0.866. The molecule has 18 heavy (non-hydrogen) atoms. The van der Waals surface area contributed by atoms with Gasteiger partial charge in [0.2, 0.25) is 0 Å². The number of hydrogen-bond acceptors (Lipinski definition) is 3. The first kappa shape index (κ1) is 13.5. The molecule has 100 valence electrons. The van der Waals surface area contributed by atoms with Crippen molar-refractivity contribution in [1.29, 1.82) is 0 Å². The highest BCUT2D eigenvalue weighted by Gasteiger charge is 2.24. The topological polar surface area (TPSA) is 28.2 Å². The first-order valence-electron chi connectivity index (χ1n) is 7.12. The highest BCUT2D eigenvalue weighted by Crippen LogP contribution is 2.23. The Morgan fingerprint density at radius 2 is 2.11 bits per heavy atom. The van der Waals surface area contributed by atoms with E-state index in [2.05, 4.69) is 41.3 Å². The van der Waals surface area contributed by atoms with Gasteiger partial charge in [-0.15, -0.1) is 0 Å². The molecule has 1 saturated carbocycles. The van der Waals surface area contributed by atoms with Gasteiger partial charge in [-0.25, -0.2) is 0 Å². The third kappa shape index (κ3) is 3.79. The maximum Gasteiger partial charge on any atom is 0.0271 e. The zero-order valence-corrected chi connectivity index (χ0v) is 11.6. The van der Waals surface area contributed by atoms with Crippen molar-refractivity contribution in [3.8, 4) is 0 Å². The van der Waals surface area contributed by atoms with Crippen LogP contribution in [-0.4, -0.2) is 35.6 Å². The lowest BCUT2D eigenvalue weighted by Crippen LogP contribution is -2.42. The van der Waals surface area contributed by atoms with Gasteiger partial charge < -0.3 is 5.32 Å². The molecule has 0 saturated heterocycles. The zero-order valence-electron chi connectivity index (χ0n) is 11.6. The Balaban J connectivity index is 1.86. The van der Waals surface area contributed by atoms with Crippen LogP contribution in [0.1, 0.15) is 38.2 Å². The molecule has 1 aromatic heterocycles. The van der Waals surface area contributed by atoms with Crippen molar-refractivity contribution in [1.82, 2.24) is 15.2 Å². The van der Waals surface area contributed by atoms with Gasteiger partial charge in [0.05, 0.1) is 0 Å². The fraction of sp³-hybridized carbons (Fsp3) is 0.667. The number of rotatable bonds is 5. The lowest BCUT2D eigenvalue weighted by atomic mass is 9.90. The van der Waals surface area contributed by atoms with E-state index < -0.39 is 0 Å². The van der Waals surface area contributed by atoms with E-state index in [1.807, 2.05) is 12.4 Å². The van der Waals surface area contributed by atoms with Crippen molar-refractivity contribution in [2.45, 2.75) is 51.2 Å². The van der Waals surface area contributed by atoms with Crippen LogP contribution in [0.5, 0.6) is 0 Å². The van der Waals surface area contributed by atoms with E-state index in [-0.39, 0.29) is 0 Å². The summed E-state index contributed by atoms with van der Waals surface area (Å²) >= 11 is 0. The van der Waals surface area contributed by atoms with Crippen LogP contribution in [0.2, 0.25) is 0 Å². The van der Waals surface area contributed by atoms with E-state index >= 15 is 0 Å². The molecule has 1 aliphatic rings. The van der Waals surface area contributed by atoms with Gasteiger partial charge in [-0.3, -0.25) is 9.88 Å². The fourth-order valence-electron chi connectivity index (χ4n) is 2.94. The molecule has 1 aliphatic carbocycles. The summed E-state index contributed by atoms with van der Waals surface area (Å²) in [6, 6.07) is 5.66. The minimum atomic E-state index is 0.716. The summed E-state index contributed by atoms with van der Waals surface area (Å²) in [6.45, 7) is 4.32. The Kier molecular flexibility index (Phi) is 5.14. The van der Waals surface area contributed by atoms with Crippen LogP contribution in [-0.2, 0) is 6.54 Å². The van der Waals surface area contributed by atoms with Crippen molar-refractivity contribution in [2.75, 3.05) is 13.6 Å². The normalized spacial score (nSPS) is 24.4. The van der Waals surface area contributed by atoms with Crippen LogP contribution in [0.15, 0.2) is 24.5 Å². The van der Waals surface area contributed by atoms with Crippen LogP contribution in [0.25, 0.3) is 0 Å². The van der Waals surface area contributed by atoms with E-state index in [0.717, 1.165) is 19.1 Å². The van der Waals surface area contributed by atoms with Crippen LogP contribution in [0.3, 0.4) is 0 Å². The predicted octanol–water partition coefficient (Wildman–Crippen LogP) is 2.43. The molecule has 3 heteroatoms. The second-order valence-electron chi connectivity index (χ2n) is 5.35. The molecule has 0 aliphatic heterocycles. The monoisotopic (exact) mass is 247 g/mol. The van der Waals surface area contributed by atoms with Gasteiger partial charge >= 0.3 is 0 Å². The molecule has 1 heterocycles. The second kappa shape index (κ2) is 6.86. The molecular formula is C15H25N3. The van der Waals surface area contributed by atoms with Crippen molar-refractivity contribution < 1.29 is 0 Å². The average Bonchev–Trinajstić information content (AvgIpc) is 2.40. The molecule has 0 radical (unpaired) electrons. The molecule has 1 fully saturated rings. The largest absolute Gasteiger partial charge is 0.314 e. The van der Waals surface area contributed by atoms with Crippen molar-refractivity contribution in [3.63, 3.8) is 0 Å². The third-order valence-corrected chi connectivity index (χ3v) is 3.94. The minimum absolute atomic E-state index is 0.716. The van der Waals surface area contributed by atoms with Crippen molar-refractivity contribution in [3.05, 3.63) is 30.1 Å². The summed E-state index contributed by atoms with van der Waals surface area (Å²) in [6.07, 6.45) is 9.08. The SMILES string of the molecule is CCNC1CCCC(N(C)Cc2ccncc2)C1. The Morgan fingerprint density at radius 3 is 2.83 bits per heavy atom. The second-order valence-corrected chi connectivity index (χ2v) is 5.35. The lowest BCUT2D eigenvalue weighted by molar-refractivity contribution is 0.163. The van der Waals surface area contributed by atoms with E-state index in [9.17, 15) is 0 Å². The van der Waals surface area contributed by atoms with E-state index in [0.29, 0.717) is 6.04 Å². The Morgan fingerprint density at radius 1 is 1.33 bits per heavy atom. The summed E-state index contributed by atoms with van der Waals surface area (Å²) < 4.78 is 0. The van der Waals surface area contributed by atoms with E-state index in [4.69, 9.17) is 0 Å². The summed E-state index contributed by atoms with van der Waals surface area (Å²) in [5, 5.41) is 3.60. The van der Waals surface area contributed by atoms with Crippen LogP contribution >= 0.6 is 0 Å². The van der Waals surface area contributed by atoms with E-state index in [1.165, 1.54) is 31.2 Å². The first-order valence-corrected chi connectivity index (χ1v) is 7.12. The molecule has 2 rings (SSSR count). The van der Waals surface area contributed by atoms with Gasteiger partial charge in [0.15, 0.2) is 0 Å². The molecule has 1 N–H and O–H groups in total. The Hall–Kier alpha value is -0.930. The van der Waals surface area contributed by atoms with Crippen LogP contribution in [0, 0.1) is 0 Å². The van der Waals surface area contributed by atoms with Gasteiger partial charge in [-0.2, -0.15) is 0 Å². The minimum Gasteiger partial charge on any atom is -0.314 e. The van der Waals surface area contributed by atoms with Gasteiger partial charge in [-0.05, 0) is 50.6 Å². The molecule has 2 atom stereocenters. The first-order chi connectivity index (χ1) is 8.79.